The van der Waals surface area contributed by atoms with E-state index < -0.39 is 17.5 Å². The molecular weight excluding hydrogens is 527 g/mol. The fourth-order valence-electron chi connectivity index (χ4n) is 4.76. The van der Waals surface area contributed by atoms with Crippen LogP contribution in [0, 0.1) is 12.7 Å². The molecule has 0 aliphatic carbocycles. The summed E-state index contributed by atoms with van der Waals surface area (Å²) in [6.45, 7) is 8.51. The van der Waals surface area contributed by atoms with Crippen LogP contribution in [0.4, 0.5) is 9.18 Å². The lowest BCUT2D eigenvalue weighted by Crippen LogP contribution is -2.51. The van der Waals surface area contributed by atoms with Crippen molar-refractivity contribution >= 4 is 22.9 Å². The minimum Gasteiger partial charge on any atom is -0.481 e. The molecule has 214 valence electrons. The lowest BCUT2D eigenvalue weighted by molar-refractivity contribution is 0.0140. The number of halogens is 1. The number of benzene rings is 2. The van der Waals surface area contributed by atoms with E-state index in [1.165, 1.54) is 19.2 Å². The highest BCUT2D eigenvalue weighted by atomic mass is 19.1. The fraction of sp³-hybridized carbons (Fsp3) is 0.323. The molecule has 1 aliphatic heterocycles. The summed E-state index contributed by atoms with van der Waals surface area (Å²) < 4.78 is 33.4. The normalized spacial score (nSPS) is 13.8. The first kappa shape index (κ1) is 27.9. The van der Waals surface area contributed by atoms with Gasteiger partial charge in [-0.15, -0.1) is 0 Å². The van der Waals surface area contributed by atoms with E-state index in [0.717, 1.165) is 5.69 Å². The van der Waals surface area contributed by atoms with Gasteiger partial charge in [0, 0.05) is 49.4 Å². The third-order valence-corrected chi connectivity index (χ3v) is 6.80. The Morgan fingerprint density at radius 3 is 2.29 bits per heavy atom. The highest BCUT2D eigenvalue weighted by molar-refractivity contribution is 6.10. The molecule has 0 radical (unpaired) electrons. The van der Waals surface area contributed by atoms with Crippen LogP contribution in [-0.4, -0.2) is 70.2 Å². The topological polar surface area (TPSA) is 86.1 Å². The van der Waals surface area contributed by atoms with Crippen molar-refractivity contribution in [2.45, 2.75) is 33.3 Å². The van der Waals surface area contributed by atoms with E-state index in [2.05, 4.69) is 4.98 Å². The van der Waals surface area contributed by atoms with Gasteiger partial charge in [0.2, 0.25) is 11.8 Å². The second kappa shape index (κ2) is 11.1. The molecule has 41 heavy (non-hydrogen) atoms. The summed E-state index contributed by atoms with van der Waals surface area (Å²) in [6.07, 6.45) is 1.22. The third kappa shape index (κ3) is 5.82. The van der Waals surface area contributed by atoms with Crippen molar-refractivity contribution in [1.29, 1.82) is 0 Å². The zero-order valence-corrected chi connectivity index (χ0v) is 23.8. The van der Waals surface area contributed by atoms with Gasteiger partial charge in [0.15, 0.2) is 0 Å². The number of methoxy groups -OCH3 is 1. The highest BCUT2D eigenvalue weighted by Crippen LogP contribution is 2.40. The first-order chi connectivity index (χ1) is 19.6. The van der Waals surface area contributed by atoms with Gasteiger partial charge in [-0.1, -0.05) is 24.3 Å². The summed E-state index contributed by atoms with van der Waals surface area (Å²) in [6, 6.07) is 15.4. The number of amides is 2. The summed E-state index contributed by atoms with van der Waals surface area (Å²) in [5, 5.41) is 0.573. The number of pyridine rings is 1. The first-order valence-corrected chi connectivity index (χ1v) is 13.4. The Hall–Kier alpha value is -4.60. The maximum Gasteiger partial charge on any atom is 0.410 e. The molecule has 1 aliphatic rings. The van der Waals surface area contributed by atoms with Crippen LogP contribution in [0.5, 0.6) is 17.5 Å². The molecule has 0 unspecified atom stereocenters. The number of carbonyl (C=O) groups excluding carboxylic acids is 2. The standard InChI is InChI=1S/C31H33FN4O5/c1-20-11-12-21(32)17-25(20)40-29-27(28(37)34-13-15-35(16-14-34)30(38)41-31(2,3)4)23-18-26(39-5)33-19-24(23)36(29)22-9-7-6-8-10-22/h6-12,17-19H,13-16H2,1-5H3. The van der Waals surface area contributed by atoms with E-state index in [0.29, 0.717) is 54.1 Å². The molecule has 2 aromatic carbocycles. The largest absolute Gasteiger partial charge is 0.481 e. The van der Waals surface area contributed by atoms with E-state index in [9.17, 15) is 14.0 Å². The zero-order chi connectivity index (χ0) is 29.3. The van der Waals surface area contributed by atoms with Gasteiger partial charge in [-0.3, -0.25) is 9.36 Å². The van der Waals surface area contributed by atoms with E-state index in [-0.39, 0.29) is 17.5 Å². The Morgan fingerprint density at radius 1 is 0.951 bits per heavy atom. The molecule has 1 fully saturated rings. The van der Waals surface area contributed by atoms with Crippen LogP contribution < -0.4 is 9.47 Å². The monoisotopic (exact) mass is 560 g/mol. The number of ether oxygens (including phenoxy) is 3. The Kier molecular flexibility index (Phi) is 7.57. The van der Waals surface area contributed by atoms with Gasteiger partial charge in [-0.25, -0.2) is 14.2 Å². The van der Waals surface area contributed by atoms with Crippen LogP contribution in [-0.2, 0) is 4.74 Å². The first-order valence-electron chi connectivity index (χ1n) is 13.4. The van der Waals surface area contributed by atoms with Crippen molar-refractivity contribution in [1.82, 2.24) is 19.4 Å². The van der Waals surface area contributed by atoms with Gasteiger partial charge in [-0.2, -0.15) is 0 Å². The number of aromatic nitrogens is 2. The van der Waals surface area contributed by atoms with Crippen LogP contribution >= 0.6 is 0 Å². The van der Waals surface area contributed by atoms with Gasteiger partial charge in [0.25, 0.3) is 5.91 Å². The van der Waals surface area contributed by atoms with E-state index in [4.69, 9.17) is 14.2 Å². The number of fused-ring (bicyclic) bond motifs is 1. The smallest absolute Gasteiger partial charge is 0.410 e. The molecule has 10 heteroatoms. The molecule has 2 aromatic heterocycles. The van der Waals surface area contributed by atoms with E-state index >= 15 is 0 Å². The molecule has 5 rings (SSSR count). The SMILES string of the molecule is COc1cc2c(C(=O)N3CCN(C(=O)OC(C)(C)C)CC3)c(Oc3cc(F)ccc3C)n(-c3ccccc3)c2cn1. The zero-order valence-electron chi connectivity index (χ0n) is 23.8. The Bertz CT molecular complexity index is 1590. The second-order valence-corrected chi connectivity index (χ2v) is 10.9. The molecule has 0 saturated carbocycles. The quantitative estimate of drug-likeness (QED) is 0.299. The maximum atomic E-state index is 14.3. The molecule has 9 nitrogen and oxygen atoms in total. The van der Waals surface area contributed by atoms with Crippen LogP contribution in [0.15, 0.2) is 60.8 Å². The van der Waals surface area contributed by atoms with Gasteiger partial charge in [0.05, 0.1) is 18.8 Å². The van der Waals surface area contributed by atoms with Gasteiger partial charge in [-0.05, 0) is 51.5 Å². The Balaban J connectivity index is 1.61. The van der Waals surface area contributed by atoms with Crippen LogP contribution in [0.3, 0.4) is 0 Å². The summed E-state index contributed by atoms with van der Waals surface area (Å²) in [5.74, 6) is 0.108. The molecular formula is C31H33FN4O5. The lowest BCUT2D eigenvalue weighted by Gasteiger charge is -2.35. The minimum atomic E-state index is -0.613. The number of nitrogens with zero attached hydrogens (tertiary/aromatic N) is 4. The molecule has 0 atom stereocenters. The Labute approximate surface area is 238 Å². The minimum absolute atomic E-state index is 0.231. The summed E-state index contributed by atoms with van der Waals surface area (Å²) >= 11 is 0. The number of carbonyl (C=O) groups is 2. The summed E-state index contributed by atoms with van der Waals surface area (Å²) in [7, 11) is 1.51. The van der Waals surface area contributed by atoms with Crippen molar-refractivity contribution in [3.8, 4) is 23.2 Å². The van der Waals surface area contributed by atoms with Gasteiger partial charge in [0.1, 0.15) is 22.7 Å². The van der Waals surface area contributed by atoms with Gasteiger partial charge >= 0.3 is 6.09 Å². The predicted octanol–water partition coefficient (Wildman–Crippen LogP) is 5.97. The van der Waals surface area contributed by atoms with Crippen LogP contribution in [0.1, 0.15) is 36.7 Å². The van der Waals surface area contributed by atoms with Crippen molar-refractivity contribution in [3.05, 3.63) is 77.7 Å². The lowest BCUT2D eigenvalue weighted by atomic mass is 10.1. The fourth-order valence-corrected chi connectivity index (χ4v) is 4.76. The van der Waals surface area contributed by atoms with Crippen LogP contribution in [0.25, 0.3) is 16.6 Å². The predicted molar refractivity (Wildman–Crippen MR) is 153 cm³/mol. The number of rotatable bonds is 5. The molecule has 1 saturated heterocycles. The van der Waals surface area contributed by atoms with Crippen molar-refractivity contribution in [3.63, 3.8) is 0 Å². The summed E-state index contributed by atoms with van der Waals surface area (Å²) in [5.41, 5.74) is 1.74. The second-order valence-electron chi connectivity index (χ2n) is 10.9. The number of hydrogen-bond acceptors (Lipinski definition) is 6. The molecule has 0 spiro atoms. The maximum absolute atomic E-state index is 14.3. The molecule has 2 amide bonds. The number of para-hydroxylation sites is 1. The third-order valence-electron chi connectivity index (χ3n) is 6.80. The molecule has 4 aromatic rings. The van der Waals surface area contributed by atoms with Crippen molar-refractivity contribution < 1.29 is 28.2 Å². The molecule has 0 bridgehead atoms. The van der Waals surface area contributed by atoms with E-state index in [1.54, 1.807) is 32.7 Å². The average molecular weight is 561 g/mol. The molecule has 3 heterocycles. The number of aryl methyl sites for hydroxylation is 1. The average Bonchev–Trinajstić information content (AvgIpc) is 3.27. The number of piperazine rings is 1. The van der Waals surface area contributed by atoms with Crippen molar-refractivity contribution in [2.24, 2.45) is 0 Å². The summed E-state index contributed by atoms with van der Waals surface area (Å²) in [4.78, 5) is 34.6. The van der Waals surface area contributed by atoms with Crippen LogP contribution in [0.2, 0.25) is 0 Å². The van der Waals surface area contributed by atoms with E-state index in [1.807, 2.05) is 58.0 Å². The molecule has 0 N–H and O–H groups in total. The van der Waals surface area contributed by atoms with Gasteiger partial charge < -0.3 is 24.0 Å². The highest BCUT2D eigenvalue weighted by Gasteiger charge is 2.33. The van der Waals surface area contributed by atoms with Crippen molar-refractivity contribution in [2.75, 3.05) is 33.3 Å². The number of hydrogen-bond donors (Lipinski definition) is 0. The Morgan fingerprint density at radius 2 is 1.63 bits per heavy atom.